The molecule has 0 amide bonds. The molecule has 0 aliphatic heterocycles. The van der Waals surface area contributed by atoms with E-state index in [1.54, 1.807) is 13.8 Å². The fraction of sp³-hybridized carbons (Fsp3) is 0.357. The maximum absolute atomic E-state index is 11.5. The van der Waals surface area contributed by atoms with Crippen LogP contribution < -0.4 is 0 Å². The van der Waals surface area contributed by atoms with Crippen molar-refractivity contribution in [3.63, 3.8) is 0 Å². The first-order valence-corrected chi connectivity index (χ1v) is 7.01. The van der Waals surface area contributed by atoms with Crippen molar-refractivity contribution in [1.29, 1.82) is 0 Å². The summed E-state index contributed by atoms with van der Waals surface area (Å²) in [6, 6.07) is 5.63. The largest absolute Gasteiger partial charge is 0.347 e. The Hall–Kier alpha value is -2.65. The Labute approximate surface area is 132 Å². The van der Waals surface area contributed by atoms with Crippen LogP contribution in [0.3, 0.4) is 0 Å². The molecule has 0 radical (unpaired) electrons. The molecule has 2 aromatic rings. The van der Waals surface area contributed by atoms with Crippen LogP contribution in [-0.2, 0) is 9.47 Å². The summed E-state index contributed by atoms with van der Waals surface area (Å²) in [6.07, 6.45) is -0.195. The molecule has 0 spiro atoms. The van der Waals surface area contributed by atoms with Crippen LogP contribution in [0.5, 0.6) is 0 Å². The van der Waals surface area contributed by atoms with Gasteiger partial charge in [-0.25, -0.2) is 4.68 Å². The number of ether oxygens (including phenoxy) is 2. The Morgan fingerprint density at radius 3 is 2.35 bits per heavy atom. The monoisotopic (exact) mass is 320 g/mol. The first kappa shape index (κ1) is 16.7. The summed E-state index contributed by atoms with van der Waals surface area (Å²) in [5.74, 6) is 0. The van der Waals surface area contributed by atoms with Gasteiger partial charge < -0.3 is 9.47 Å². The molecule has 0 saturated heterocycles. The molecular weight excluding hydrogens is 304 g/mol. The molecule has 0 bridgehead atoms. The highest BCUT2D eigenvalue weighted by Crippen LogP contribution is 2.22. The fourth-order valence-corrected chi connectivity index (χ4v) is 1.99. The first-order chi connectivity index (χ1) is 11.1. The molecule has 0 atom stereocenters. The normalized spacial score (nSPS) is 10.9. The number of nitro groups is 1. The number of hydrogen-bond acceptors (Lipinski definition) is 7. The van der Waals surface area contributed by atoms with Gasteiger partial charge in [0, 0.05) is 25.3 Å². The number of carbonyl (C=O) groups excluding carboxylic acids is 1. The maximum Gasteiger partial charge on any atom is 0.269 e. The number of aldehydes is 1. The van der Waals surface area contributed by atoms with Gasteiger partial charge in [0.05, 0.1) is 10.6 Å². The Bertz CT molecular complexity index is 677. The van der Waals surface area contributed by atoms with E-state index in [9.17, 15) is 14.9 Å². The van der Waals surface area contributed by atoms with Crippen molar-refractivity contribution in [2.75, 3.05) is 13.2 Å². The zero-order valence-electron chi connectivity index (χ0n) is 12.7. The van der Waals surface area contributed by atoms with Gasteiger partial charge in [-0.15, -0.1) is 5.10 Å². The number of nitrogens with zero attached hydrogens (tertiary/aromatic N) is 4. The van der Waals surface area contributed by atoms with Crippen LogP contribution in [0, 0.1) is 10.1 Å². The summed E-state index contributed by atoms with van der Waals surface area (Å²) in [7, 11) is 0. The van der Waals surface area contributed by atoms with Crippen molar-refractivity contribution in [1.82, 2.24) is 15.0 Å². The van der Waals surface area contributed by atoms with Gasteiger partial charge in [0.25, 0.3) is 5.69 Å². The molecule has 9 heteroatoms. The Morgan fingerprint density at radius 2 is 1.87 bits per heavy atom. The van der Waals surface area contributed by atoms with Crippen LogP contribution in [0.25, 0.3) is 5.69 Å². The molecule has 0 unspecified atom stereocenters. The molecule has 0 saturated carbocycles. The quantitative estimate of drug-likeness (QED) is 0.317. The van der Waals surface area contributed by atoms with Gasteiger partial charge in [-0.05, 0) is 26.0 Å². The van der Waals surface area contributed by atoms with Crippen molar-refractivity contribution in [2.45, 2.75) is 20.1 Å². The van der Waals surface area contributed by atoms with Crippen molar-refractivity contribution in [3.05, 3.63) is 45.8 Å². The SMILES string of the molecule is CCOC(OCC)c1nnn(-c2ccc([N+](=O)[O-])cc2)c1C=O. The second-order valence-corrected chi connectivity index (χ2v) is 4.41. The highest BCUT2D eigenvalue weighted by Gasteiger charge is 2.23. The molecule has 0 aliphatic rings. The molecule has 0 aliphatic carbocycles. The zero-order chi connectivity index (χ0) is 16.8. The van der Waals surface area contributed by atoms with Crippen LogP contribution in [0.2, 0.25) is 0 Å². The van der Waals surface area contributed by atoms with Gasteiger partial charge in [-0.1, -0.05) is 5.21 Å². The molecule has 0 fully saturated rings. The Morgan fingerprint density at radius 1 is 1.26 bits per heavy atom. The maximum atomic E-state index is 11.5. The smallest absolute Gasteiger partial charge is 0.269 e. The molecule has 2 rings (SSSR count). The summed E-state index contributed by atoms with van der Waals surface area (Å²) in [5, 5.41) is 18.6. The van der Waals surface area contributed by atoms with Gasteiger partial charge in [-0.3, -0.25) is 14.9 Å². The van der Waals surface area contributed by atoms with Crippen molar-refractivity contribution < 1.29 is 19.2 Å². The summed E-state index contributed by atoms with van der Waals surface area (Å²) >= 11 is 0. The van der Waals surface area contributed by atoms with Crippen molar-refractivity contribution in [3.8, 4) is 5.69 Å². The van der Waals surface area contributed by atoms with E-state index in [1.165, 1.54) is 28.9 Å². The number of carbonyl (C=O) groups is 1. The fourth-order valence-electron chi connectivity index (χ4n) is 1.99. The molecule has 122 valence electrons. The van der Waals surface area contributed by atoms with E-state index in [1.807, 2.05) is 0 Å². The van der Waals surface area contributed by atoms with E-state index in [4.69, 9.17) is 9.47 Å². The number of aromatic nitrogens is 3. The number of non-ortho nitro benzene ring substituents is 1. The predicted octanol–water partition coefficient (Wildman–Crippen LogP) is 2.06. The number of benzene rings is 1. The molecule has 1 aromatic heterocycles. The van der Waals surface area contributed by atoms with Gasteiger partial charge in [0.1, 0.15) is 11.4 Å². The second-order valence-electron chi connectivity index (χ2n) is 4.41. The molecule has 1 heterocycles. The average Bonchev–Trinajstić information content (AvgIpc) is 2.98. The van der Waals surface area contributed by atoms with Crippen molar-refractivity contribution >= 4 is 12.0 Å². The van der Waals surface area contributed by atoms with Crippen LogP contribution >= 0.6 is 0 Å². The third-order valence-corrected chi connectivity index (χ3v) is 3.01. The molecule has 1 aromatic carbocycles. The average molecular weight is 320 g/mol. The van der Waals surface area contributed by atoms with E-state index in [2.05, 4.69) is 10.3 Å². The third kappa shape index (κ3) is 3.58. The lowest BCUT2D eigenvalue weighted by Gasteiger charge is -2.14. The first-order valence-electron chi connectivity index (χ1n) is 7.01. The lowest BCUT2D eigenvalue weighted by Crippen LogP contribution is -2.12. The number of nitro benzene ring substituents is 1. The minimum atomic E-state index is -0.794. The lowest BCUT2D eigenvalue weighted by atomic mass is 10.2. The zero-order valence-corrected chi connectivity index (χ0v) is 12.7. The molecule has 0 N–H and O–H groups in total. The summed E-state index contributed by atoms with van der Waals surface area (Å²) in [6.45, 7) is 4.36. The summed E-state index contributed by atoms with van der Waals surface area (Å²) in [4.78, 5) is 21.6. The predicted molar refractivity (Wildman–Crippen MR) is 79.4 cm³/mol. The van der Waals surface area contributed by atoms with Crippen LogP contribution in [0.15, 0.2) is 24.3 Å². The van der Waals surface area contributed by atoms with Crippen LogP contribution in [-0.4, -0.2) is 39.4 Å². The Balaban J connectivity index is 2.40. The van der Waals surface area contributed by atoms with Crippen molar-refractivity contribution in [2.24, 2.45) is 0 Å². The van der Waals surface area contributed by atoms with E-state index >= 15 is 0 Å². The topological polar surface area (TPSA) is 109 Å². The molecule has 23 heavy (non-hydrogen) atoms. The molecule has 9 nitrogen and oxygen atoms in total. The Kier molecular flexibility index (Phi) is 5.50. The van der Waals surface area contributed by atoms with Crippen LogP contribution in [0.4, 0.5) is 5.69 Å². The van der Waals surface area contributed by atoms with E-state index < -0.39 is 11.2 Å². The van der Waals surface area contributed by atoms with Crippen LogP contribution in [0.1, 0.15) is 36.3 Å². The second kappa shape index (κ2) is 7.56. The summed E-state index contributed by atoms with van der Waals surface area (Å²) in [5.41, 5.74) is 0.860. The van der Waals surface area contributed by atoms with Gasteiger partial charge in [-0.2, -0.15) is 0 Å². The highest BCUT2D eigenvalue weighted by atomic mass is 16.7. The number of hydrogen-bond donors (Lipinski definition) is 0. The number of rotatable bonds is 8. The van der Waals surface area contributed by atoms with Gasteiger partial charge in [0.15, 0.2) is 6.29 Å². The van der Waals surface area contributed by atoms with Gasteiger partial charge in [0.2, 0.25) is 6.29 Å². The molecular formula is C14H16N4O5. The van der Waals surface area contributed by atoms with E-state index in [-0.39, 0.29) is 17.1 Å². The minimum Gasteiger partial charge on any atom is -0.347 e. The highest BCUT2D eigenvalue weighted by molar-refractivity contribution is 5.75. The van der Waals surface area contributed by atoms with E-state index in [0.29, 0.717) is 25.2 Å². The van der Waals surface area contributed by atoms with E-state index in [0.717, 1.165) is 0 Å². The summed E-state index contributed by atoms with van der Waals surface area (Å²) < 4.78 is 12.1. The van der Waals surface area contributed by atoms with Gasteiger partial charge >= 0.3 is 0 Å². The minimum absolute atomic E-state index is 0.0525. The third-order valence-electron chi connectivity index (χ3n) is 3.01. The standard InChI is InChI=1S/C14H16N4O5/c1-3-22-14(23-4-2)13-12(9-19)17(16-15-13)10-5-7-11(8-6-10)18(20)21/h5-9,14H,3-4H2,1-2H3. The lowest BCUT2D eigenvalue weighted by molar-refractivity contribution is -0.384.